The van der Waals surface area contributed by atoms with Gasteiger partial charge in [-0.15, -0.1) is 12.4 Å². The molecule has 3 aromatic rings. The van der Waals surface area contributed by atoms with Crippen molar-refractivity contribution < 1.29 is 4.74 Å². The number of para-hydroxylation sites is 1. The van der Waals surface area contributed by atoms with E-state index < -0.39 is 0 Å². The van der Waals surface area contributed by atoms with Crippen LogP contribution in [0.1, 0.15) is 11.3 Å². The van der Waals surface area contributed by atoms with Crippen LogP contribution in [-0.2, 0) is 0 Å². The Labute approximate surface area is 147 Å². The average Bonchev–Trinajstić information content (AvgIpc) is 2.51. The summed E-state index contributed by atoms with van der Waals surface area (Å²) in [6, 6.07) is 13.8. The van der Waals surface area contributed by atoms with Crippen LogP contribution in [0.25, 0.3) is 10.9 Å². The van der Waals surface area contributed by atoms with Gasteiger partial charge in [0, 0.05) is 27.5 Å². The number of halogens is 2. The van der Waals surface area contributed by atoms with Gasteiger partial charge >= 0.3 is 0 Å². The number of nitrogens with one attached hydrogen (secondary N) is 1. The third kappa shape index (κ3) is 3.36. The van der Waals surface area contributed by atoms with Crippen LogP contribution in [0.15, 0.2) is 42.5 Å². The van der Waals surface area contributed by atoms with Crippen molar-refractivity contribution in [3.8, 4) is 5.75 Å². The number of fused-ring (bicyclic) bond motifs is 1. The molecule has 0 atom stereocenters. The predicted molar refractivity (Wildman–Crippen MR) is 99.8 cm³/mol. The number of rotatable bonds is 3. The highest BCUT2D eigenvalue weighted by molar-refractivity contribution is 6.31. The van der Waals surface area contributed by atoms with E-state index in [0.717, 1.165) is 44.3 Å². The minimum atomic E-state index is 0. The van der Waals surface area contributed by atoms with Gasteiger partial charge in [-0.05, 0) is 43.7 Å². The fourth-order valence-electron chi connectivity index (χ4n) is 2.51. The fourth-order valence-corrected chi connectivity index (χ4v) is 2.68. The number of ether oxygens (including phenoxy) is 1. The van der Waals surface area contributed by atoms with Gasteiger partial charge in [-0.1, -0.05) is 29.8 Å². The van der Waals surface area contributed by atoms with Crippen LogP contribution in [0.3, 0.4) is 0 Å². The van der Waals surface area contributed by atoms with Gasteiger partial charge in [-0.3, -0.25) is 0 Å². The molecule has 0 saturated carbocycles. The SMILES string of the molecule is COc1cccc2c(Nc3cccc(Cl)c3C)cc(C)nc12.Cl. The topological polar surface area (TPSA) is 34.1 Å². The van der Waals surface area contributed by atoms with E-state index in [0.29, 0.717) is 0 Å². The van der Waals surface area contributed by atoms with Crippen LogP contribution < -0.4 is 10.1 Å². The first kappa shape index (κ1) is 17.4. The van der Waals surface area contributed by atoms with Crippen molar-refractivity contribution in [2.24, 2.45) is 0 Å². The molecule has 1 aromatic heterocycles. The molecule has 3 nitrogen and oxygen atoms in total. The average molecular weight is 349 g/mol. The molecule has 0 bridgehead atoms. The molecule has 0 saturated heterocycles. The van der Waals surface area contributed by atoms with Crippen molar-refractivity contribution >= 4 is 46.3 Å². The lowest BCUT2D eigenvalue weighted by Crippen LogP contribution is -1.98. The standard InChI is InChI=1S/C18H17ClN2O.ClH/c1-11-10-16(21-15-8-5-7-14(19)12(15)2)13-6-4-9-17(22-3)18(13)20-11;/h4-10H,1-3H3,(H,20,21);1H. The zero-order valence-corrected chi connectivity index (χ0v) is 14.8. The van der Waals surface area contributed by atoms with Gasteiger partial charge in [0.25, 0.3) is 0 Å². The van der Waals surface area contributed by atoms with Crippen LogP contribution >= 0.6 is 24.0 Å². The third-order valence-corrected chi connectivity index (χ3v) is 4.10. The number of nitrogens with zero attached hydrogens (tertiary/aromatic N) is 1. The van der Waals surface area contributed by atoms with E-state index in [4.69, 9.17) is 16.3 Å². The first-order valence-electron chi connectivity index (χ1n) is 7.06. The number of aryl methyl sites for hydroxylation is 1. The molecular formula is C18H18Cl2N2O. The van der Waals surface area contributed by atoms with Crippen LogP contribution in [0.4, 0.5) is 11.4 Å². The Hall–Kier alpha value is -1.97. The number of methoxy groups -OCH3 is 1. The summed E-state index contributed by atoms with van der Waals surface area (Å²) in [5.41, 5.74) is 4.79. The van der Waals surface area contributed by atoms with Crippen molar-refractivity contribution in [3.63, 3.8) is 0 Å². The minimum absolute atomic E-state index is 0. The zero-order valence-electron chi connectivity index (χ0n) is 13.2. The van der Waals surface area contributed by atoms with Crippen molar-refractivity contribution in [1.82, 2.24) is 4.98 Å². The van der Waals surface area contributed by atoms with Gasteiger partial charge in [0.1, 0.15) is 11.3 Å². The van der Waals surface area contributed by atoms with E-state index in [1.165, 1.54) is 0 Å². The van der Waals surface area contributed by atoms with Crippen LogP contribution in [0.5, 0.6) is 5.75 Å². The first-order valence-corrected chi connectivity index (χ1v) is 7.44. The summed E-state index contributed by atoms with van der Waals surface area (Å²) in [5.74, 6) is 0.770. The van der Waals surface area contributed by atoms with Crippen LogP contribution in [-0.4, -0.2) is 12.1 Å². The molecule has 120 valence electrons. The van der Waals surface area contributed by atoms with Crippen molar-refractivity contribution in [2.75, 3.05) is 12.4 Å². The van der Waals surface area contributed by atoms with Gasteiger partial charge in [0.2, 0.25) is 0 Å². The number of benzene rings is 2. The molecule has 3 rings (SSSR count). The maximum absolute atomic E-state index is 6.20. The number of hydrogen-bond acceptors (Lipinski definition) is 3. The lowest BCUT2D eigenvalue weighted by molar-refractivity contribution is 0.419. The lowest BCUT2D eigenvalue weighted by atomic mass is 10.1. The molecule has 0 aliphatic rings. The third-order valence-electron chi connectivity index (χ3n) is 3.69. The maximum atomic E-state index is 6.20. The molecule has 5 heteroatoms. The number of anilines is 2. The molecule has 0 fully saturated rings. The molecule has 2 aromatic carbocycles. The Balaban J connectivity index is 0.00000192. The van der Waals surface area contributed by atoms with E-state index in [1.807, 2.05) is 56.3 Å². The summed E-state index contributed by atoms with van der Waals surface area (Å²) < 4.78 is 5.42. The highest BCUT2D eigenvalue weighted by atomic mass is 35.5. The molecule has 0 unspecified atom stereocenters. The summed E-state index contributed by atoms with van der Waals surface area (Å²) >= 11 is 6.20. The van der Waals surface area contributed by atoms with Gasteiger partial charge in [-0.25, -0.2) is 4.98 Å². The molecule has 1 N–H and O–H groups in total. The number of pyridine rings is 1. The second kappa shape index (κ2) is 7.07. The van der Waals surface area contributed by atoms with Gasteiger partial charge in [0.05, 0.1) is 7.11 Å². The van der Waals surface area contributed by atoms with Crippen LogP contribution in [0.2, 0.25) is 5.02 Å². The molecule has 0 aliphatic heterocycles. The quantitative estimate of drug-likeness (QED) is 0.661. The predicted octanol–water partition coefficient (Wildman–Crippen LogP) is 5.68. The van der Waals surface area contributed by atoms with E-state index in [-0.39, 0.29) is 12.4 Å². The Morgan fingerprint density at radius 1 is 1.04 bits per heavy atom. The van der Waals surface area contributed by atoms with E-state index in [1.54, 1.807) is 7.11 Å². The second-order valence-corrected chi connectivity index (χ2v) is 5.61. The summed E-state index contributed by atoms with van der Waals surface area (Å²) in [7, 11) is 1.66. The number of hydrogen-bond donors (Lipinski definition) is 1. The molecule has 23 heavy (non-hydrogen) atoms. The highest BCUT2D eigenvalue weighted by Crippen LogP contribution is 2.33. The summed E-state index contributed by atoms with van der Waals surface area (Å²) in [6.07, 6.45) is 0. The van der Waals surface area contributed by atoms with Crippen molar-refractivity contribution in [3.05, 3.63) is 58.7 Å². The summed E-state index contributed by atoms with van der Waals surface area (Å²) in [6.45, 7) is 3.98. The molecular weight excluding hydrogens is 331 g/mol. The second-order valence-electron chi connectivity index (χ2n) is 5.21. The summed E-state index contributed by atoms with van der Waals surface area (Å²) in [5, 5.41) is 5.23. The minimum Gasteiger partial charge on any atom is -0.494 e. The van der Waals surface area contributed by atoms with Gasteiger partial charge in [-0.2, -0.15) is 0 Å². The largest absolute Gasteiger partial charge is 0.494 e. The normalized spacial score (nSPS) is 10.3. The fraction of sp³-hybridized carbons (Fsp3) is 0.167. The zero-order chi connectivity index (χ0) is 15.7. The molecule has 0 aliphatic carbocycles. The molecule has 0 spiro atoms. The number of aromatic nitrogens is 1. The molecule has 1 heterocycles. The highest BCUT2D eigenvalue weighted by Gasteiger charge is 2.10. The smallest absolute Gasteiger partial charge is 0.145 e. The van der Waals surface area contributed by atoms with Crippen molar-refractivity contribution in [2.45, 2.75) is 13.8 Å². The molecule has 0 amide bonds. The van der Waals surface area contributed by atoms with E-state index >= 15 is 0 Å². The maximum Gasteiger partial charge on any atom is 0.145 e. The van der Waals surface area contributed by atoms with Crippen LogP contribution in [0, 0.1) is 13.8 Å². The van der Waals surface area contributed by atoms with E-state index in [2.05, 4.69) is 10.3 Å². The van der Waals surface area contributed by atoms with Crippen molar-refractivity contribution in [1.29, 1.82) is 0 Å². The van der Waals surface area contributed by atoms with Gasteiger partial charge in [0.15, 0.2) is 0 Å². The Morgan fingerprint density at radius 2 is 1.78 bits per heavy atom. The Bertz CT molecular complexity index is 850. The first-order chi connectivity index (χ1) is 10.6. The molecule has 0 radical (unpaired) electrons. The Kier molecular flexibility index (Phi) is 5.34. The lowest BCUT2D eigenvalue weighted by Gasteiger charge is -2.14. The Morgan fingerprint density at radius 3 is 2.52 bits per heavy atom. The van der Waals surface area contributed by atoms with E-state index in [9.17, 15) is 0 Å². The summed E-state index contributed by atoms with van der Waals surface area (Å²) in [4.78, 5) is 4.60. The monoisotopic (exact) mass is 348 g/mol. The van der Waals surface area contributed by atoms with Gasteiger partial charge < -0.3 is 10.1 Å².